The Morgan fingerprint density at radius 3 is 1.12 bits per heavy atom. The van der Waals surface area contributed by atoms with Crippen molar-refractivity contribution >= 4 is 17.1 Å². The van der Waals surface area contributed by atoms with Gasteiger partial charge in [0.25, 0.3) is 0 Å². The van der Waals surface area contributed by atoms with Gasteiger partial charge in [0.05, 0.1) is 5.41 Å². The lowest BCUT2D eigenvalue weighted by Gasteiger charge is -2.30. The fraction of sp³-hybridized carbons (Fsp3) is 0.0182. The molecule has 9 aromatic carbocycles. The van der Waals surface area contributed by atoms with Crippen LogP contribution in [-0.2, 0) is 5.41 Å². The molecule has 2 aliphatic carbocycles. The predicted octanol–water partition coefficient (Wildman–Crippen LogP) is 14.5. The monoisotopic (exact) mass is 711 g/mol. The Kier molecular flexibility index (Phi) is 7.47. The molecule has 0 saturated heterocycles. The Morgan fingerprint density at radius 2 is 0.607 bits per heavy atom. The molecule has 0 bridgehead atoms. The molecule has 56 heavy (non-hydrogen) atoms. The van der Waals surface area contributed by atoms with Crippen molar-refractivity contribution in [2.24, 2.45) is 0 Å². The minimum absolute atomic E-state index is 0.329. The summed E-state index contributed by atoms with van der Waals surface area (Å²) in [6.45, 7) is 0. The largest absolute Gasteiger partial charge is 0.310 e. The minimum atomic E-state index is -0.329. The van der Waals surface area contributed by atoms with Crippen molar-refractivity contribution in [1.82, 2.24) is 0 Å². The van der Waals surface area contributed by atoms with E-state index in [1.807, 2.05) is 0 Å². The van der Waals surface area contributed by atoms with Crippen LogP contribution in [0.2, 0.25) is 0 Å². The van der Waals surface area contributed by atoms with Gasteiger partial charge in [-0.3, -0.25) is 0 Å². The molecule has 2 aliphatic rings. The number of rotatable bonds is 6. The van der Waals surface area contributed by atoms with Crippen molar-refractivity contribution in [2.75, 3.05) is 4.90 Å². The fourth-order valence-corrected chi connectivity index (χ4v) is 9.44. The van der Waals surface area contributed by atoms with Crippen molar-refractivity contribution in [2.45, 2.75) is 5.41 Å². The van der Waals surface area contributed by atoms with Gasteiger partial charge in [0.15, 0.2) is 0 Å². The van der Waals surface area contributed by atoms with Crippen molar-refractivity contribution in [3.63, 3.8) is 0 Å². The third-order valence-corrected chi connectivity index (χ3v) is 11.9. The molecular weight excluding hydrogens is 675 g/mol. The van der Waals surface area contributed by atoms with E-state index in [-0.39, 0.29) is 5.41 Å². The molecule has 0 saturated carbocycles. The maximum atomic E-state index is 2.42. The Bertz CT molecular complexity index is 2780. The average Bonchev–Trinajstić information content (AvgIpc) is 3.75. The van der Waals surface area contributed by atoms with Gasteiger partial charge in [0, 0.05) is 17.1 Å². The Balaban J connectivity index is 1.02. The van der Waals surface area contributed by atoms with Gasteiger partial charge in [-0.25, -0.2) is 0 Å². The van der Waals surface area contributed by atoms with Crippen LogP contribution < -0.4 is 4.90 Å². The Hall–Kier alpha value is -7.22. The highest BCUT2D eigenvalue weighted by Crippen LogP contribution is 2.63. The van der Waals surface area contributed by atoms with E-state index < -0.39 is 0 Å². The van der Waals surface area contributed by atoms with Crippen LogP contribution >= 0.6 is 0 Å². The maximum absolute atomic E-state index is 2.42. The number of hydrogen-bond donors (Lipinski definition) is 0. The van der Waals surface area contributed by atoms with Crippen molar-refractivity contribution < 1.29 is 0 Å². The summed E-state index contributed by atoms with van der Waals surface area (Å²) in [4.78, 5) is 2.38. The van der Waals surface area contributed by atoms with Crippen LogP contribution in [-0.4, -0.2) is 0 Å². The highest BCUT2D eigenvalue weighted by Gasteiger charge is 2.51. The minimum Gasteiger partial charge on any atom is -0.310 e. The second-order valence-corrected chi connectivity index (χ2v) is 14.9. The van der Waals surface area contributed by atoms with Gasteiger partial charge < -0.3 is 4.90 Å². The fourth-order valence-electron chi connectivity index (χ4n) is 9.44. The molecule has 1 spiro atoms. The smallest absolute Gasteiger partial charge is 0.0725 e. The third kappa shape index (κ3) is 4.95. The second-order valence-electron chi connectivity index (χ2n) is 14.9. The molecule has 0 amide bonds. The summed E-state index contributed by atoms with van der Waals surface area (Å²) in [5.41, 5.74) is 20.9. The normalized spacial score (nSPS) is 12.8. The second kappa shape index (κ2) is 13.0. The molecule has 0 N–H and O–H groups in total. The van der Waals surface area contributed by atoms with E-state index in [9.17, 15) is 0 Å². The van der Waals surface area contributed by atoms with Crippen LogP contribution in [0.4, 0.5) is 17.1 Å². The van der Waals surface area contributed by atoms with Gasteiger partial charge in [-0.1, -0.05) is 182 Å². The lowest BCUT2D eigenvalue weighted by molar-refractivity contribution is 0.794. The van der Waals surface area contributed by atoms with Gasteiger partial charge in [-0.15, -0.1) is 0 Å². The zero-order valence-corrected chi connectivity index (χ0v) is 30.8. The van der Waals surface area contributed by atoms with Crippen LogP contribution in [0.1, 0.15) is 22.3 Å². The molecule has 0 radical (unpaired) electrons. The SMILES string of the molecule is c1ccc(-c2cccc(N(c3ccc(-c4ccc5c(c4)-c4ccccc4C54c5ccccc5-c5ccccc54)cc3)c3cccc(-c4ccccc4)c3)c2)cc1. The van der Waals surface area contributed by atoms with Crippen molar-refractivity contribution in [3.8, 4) is 55.6 Å². The van der Waals surface area contributed by atoms with Gasteiger partial charge in [0.1, 0.15) is 0 Å². The standard InChI is InChI=1S/C55H37N/c1-3-15-38(16-4-1)41-19-13-21-45(35-41)56(46-22-14-20-42(36-46)39-17-5-2-6-18-39)44-32-29-40(30-33-44)43-31-34-54-50(37-43)49-25-9-12-28-53(49)55(54)51-26-10-7-23-47(51)48-24-8-11-27-52(48)55/h1-37H. The summed E-state index contributed by atoms with van der Waals surface area (Å²) in [7, 11) is 0. The van der Waals surface area contributed by atoms with Crippen LogP contribution in [0.25, 0.3) is 55.6 Å². The zero-order valence-electron chi connectivity index (χ0n) is 30.8. The lowest BCUT2D eigenvalue weighted by Crippen LogP contribution is -2.25. The number of benzene rings is 9. The van der Waals surface area contributed by atoms with Crippen LogP contribution in [0.3, 0.4) is 0 Å². The average molecular weight is 712 g/mol. The number of nitrogens with zero attached hydrogens (tertiary/aromatic N) is 1. The number of fused-ring (bicyclic) bond motifs is 10. The number of hydrogen-bond acceptors (Lipinski definition) is 1. The van der Waals surface area contributed by atoms with Gasteiger partial charge in [0.2, 0.25) is 0 Å². The summed E-state index contributed by atoms with van der Waals surface area (Å²) in [5, 5.41) is 0. The molecule has 0 unspecified atom stereocenters. The van der Waals surface area contributed by atoms with Crippen molar-refractivity contribution in [1.29, 1.82) is 0 Å². The van der Waals surface area contributed by atoms with Gasteiger partial charge in [-0.05, 0) is 120 Å². The molecule has 0 heterocycles. The van der Waals surface area contributed by atoms with Crippen LogP contribution in [0.5, 0.6) is 0 Å². The molecule has 262 valence electrons. The molecule has 1 heteroatoms. The summed E-state index contributed by atoms with van der Waals surface area (Å²) < 4.78 is 0. The first-order chi connectivity index (χ1) is 27.8. The summed E-state index contributed by atoms with van der Waals surface area (Å²) in [6.07, 6.45) is 0. The first-order valence-electron chi connectivity index (χ1n) is 19.4. The highest BCUT2D eigenvalue weighted by atomic mass is 15.1. The molecular formula is C55H37N. The molecule has 0 fully saturated rings. The maximum Gasteiger partial charge on any atom is 0.0725 e. The summed E-state index contributed by atoms with van der Waals surface area (Å²) >= 11 is 0. The highest BCUT2D eigenvalue weighted by molar-refractivity contribution is 5.96. The molecule has 1 nitrogen and oxygen atoms in total. The summed E-state index contributed by atoms with van der Waals surface area (Å²) in [5.74, 6) is 0. The molecule has 11 rings (SSSR count). The Morgan fingerprint density at radius 1 is 0.232 bits per heavy atom. The first kappa shape index (κ1) is 32.2. The zero-order chi connectivity index (χ0) is 37.1. The van der Waals surface area contributed by atoms with E-state index in [2.05, 4.69) is 229 Å². The summed E-state index contributed by atoms with van der Waals surface area (Å²) in [6, 6.07) is 82.3. The molecule has 0 aliphatic heterocycles. The number of anilines is 3. The van der Waals surface area contributed by atoms with E-state index in [0.29, 0.717) is 0 Å². The van der Waals surface area contributed by atoms with E-state index in [4.69, 9.17) is 0 Å². The molecule has 9 aromatic rings. The lowest BCUT2D eigenvalue weighted by atomic mass is 9.70. The van der Waals surface area contributed by atoms with Crippen LogP contribution in [0.15, 0.2) is 224 Å². The first-order valence-corrected chi connectivity index (χ1v) is 19.4. The predicted molar refractivity (Wildman–Crippen MR) is 234 cm³/mol. The topological polar surface area (TPSA) is 3.24 Å². The molecule has 0 atom stereocenters. The Labute approximate surface area is 328 Å². The van der Waals surface area contributed by atoms with Crippen molar-refractivity contribution in [3.05, 3.63) is 247 Å². The van der Waals surface area contributed by atoms with Crippen LogP contribution in [0, 0.1) is 0 Å². The van der Waals surface area contributed by atoms with Gasteiger partial charge in [-0.2, -0.15) is 0 Å². The van der Waals surface area contributed by atoms with Gasteiger partial charge >= 0.3 is 0 Å². The molecule has 0 aromatic heterocycles. The van der Waals surface area contributed by atoms with E-state index >= 15 is 0 Å². The van der Waals surface area contributed by atoms with E-state index in [0.717, 1.165) is 17.1 Å². The van der Waals surface area contributed by atoms with E-state index in [1.54, 1.807) is 0 Å². The third-order valence-electron chi connectivity index (χ3n) is 11.9. The quantitative estimate of drug-likeness (QED) is 0.166. The van der Waals surface area contributed by atoms with E-state index in [1.165, 1.54) is 77.9 Å².